The summed E-state index contributed by atoms with van der Waals surface area (Å²) in [5, 5.41) is 0. The Hall–Kier alpha value is -0.860. The highest BCUT2D eigenvalue weighted by Gasteiger charge is 2.41. The van der Waals surface area contributed by atoms with Crippen LogP contribution in [0.4, 0.5) is 0 Å². The molecular formula is C22H42N2. The fourth-order valence-electron chi connectivity index (χ4n) is 3.73. The molecule has 2 aliphatic heterocycles. The number of benzene rings is 1. The summed E-state index contributed by atoms with van der Waals surface area (Å²) in [5.41, 5.74) is 2.85. The number of likely N-dealkylation sites (tertiary alicyclic amines) is 2. The highest BCUT2D eigenvalue weighted by molar-refractivity contribution is 5.21. The number of piperazine rings is 1. The molecule has 0 amide bonds. The van der Waals surface area contributed by atoms with Crippen molar-refractivity contribution in [2.45, 2.75) is 80.3 Å². The number of nitrogens with zero attached hydrogens (tertiary/aromatic N) is 2. The van der Waals surface area contributed by atoms with E-state index in [9.17, 15) is 0 Å². The first kappa shape index (κ1) is 23.1. The number of aryl methyl sites for hydroxylation is 2. The zero-order valence-electron chi connectivity index (χ0n) is 16.3. The molecule has 1 aromatic rings. The lowest BCUT2D eigenvalue weighted by atomic mass is 10.1. The first-order chi connectivity index (χ1) is 11.3. The van der Waals surface area contributed by atoms with Crippen molar-refractivity contribution in [1.29, 1.82) is 0 Å². The smallest absolute Gasteiger partial charge is 0.0239 e. The molecule has 2 bridgehead atoms. The van der Waals surface area contributed by atoms with Crippen LogP contribution in [0.2, 0.25) is 0 Å². The summed E-state index contributed by atoms with van der Waals surface area (Å²) in [5.74, 6) is 0. The van der Waals surface area contributed by atoms with Crippen LogP contribution in [0.25, 0.3) is 0 Å². The van der Waals surface area contributed by atoms with Crippen LogP contribution in [-0.2, 0) is 6.42 Å². The van der Waals surface area contributed by atoms with E-state index in [2.05, 4.69) is 47.9 Å². The number of hydrogen-bond acceptors (Lipinski definition) is 2. The molecule has 0 saturated carbocycles. The van der Waals surface area contributed by atoms with Crippen LogP contribution in [-0.4, -0.2) is 48.1 Å². The first-order valence-corrected chi connectivity index (χ1v) is 9.80. The highest BCUT2D eigenvalue weighted by atomic mass is 15.3. The molecule has 140 valence electrons. The van der Waals surface area contributed by atoms with Crippen molar-refractivity contribution in [3.05, 3.63) is 35.4 Å². The number of rotatable bonds is 5. The molecule has 1 aromatic carbocycles. The van der Waals surface area contributed by atoms with Crippen molar-refractivity contribution in [1.82, 2.24) is 9.80 Å². The fraction of sp³-hybridized carbons (Fsp3) is 0.727. The van der Waals surface area contributed by atoms with E-state index in [4.69, 9.17) is 0 Å². The van der Waals surface area contributed by atoms with Gasteiger partial charge in [-0.25, -0.2) is 0 Å². The largest absolute Gasteiger partial charge is 0.298 e. The average Bonchev–Trinajstić information content (AvgIpc) is 3.20. The SMILES string of the molecule is C.CC.CC.CCN1CC2CC1CN2CCCc1ccc(C)cc1. The summed E-state index contributed by atoms with van der Waals surface area (Å²) in [6.07, 6.45) is 3.95. The average molecular weight is 335 g/mol. The van der Waals surface area contributed by atoms with Crippen LogP contribution in [0.3, 0.4) is 0 Å². The van der Waals surface area contributed by atoms with Gasteiger partial charge >= 0.3 is 0 Å². The first-order valence-electron chi connectivity index (χ1n) is 9.80. The Morgan fingerprint density at radius 2 is 1.46 bits per heavy atom. The van der Waals surface area contributed by atoms with E-state index in [0.717, 1.165) is 12.1 Å². The van der Waals surface area contributed by atoms with Crippen molar-refractivity contribution in [2.24, 2.45) is 0 Å². The predicted molar refractivity (Wildman–Crippen MR) is 110 cm³/mol. The number of likely N-dealkylation sites (N-methyl/N-ethyl adjacent to an activating group) is 1. The van der Waals surface area contributed by atoms with E-state index in [1.54, 1.807) is 0 Å². The van der Waals surface area contributed by atoms with Gasteiger partial charge < -0.3 is 0 Å². The Kier molecular flexibility index (Phi) is 12.0. The van der Waals surface area contributed by atoms with E-state index in [1.807, 2.05) is 27.7 Å². The molecule has 0 aromatic heterocycles. The normalized spacial score (nSPS) is 22.1. The quantitative estimate of drug-likeness (QED) is 0.712. The molecule has 2 unspecified atom stereocenters. The van der Waals surface area contributed by atoms with E-state index in [-0.39, 0.29) is 7.43 Å². The van der Waals surface area contributed by atoms with Crippen molar-refractivity contribution >= 4 is 0 Å². The van der Waals surface area contributed by atoms with Gasteiger partial charge in [0.1, 0.15) is 0 Å². The summed E-state index contributed by atoms with van der Waals surface area (Å²) in [4.78, 5) is 5.38. The minimum atomic E-state index is 0. The highest BCUT2D eigenvalue weighted by Crippen LogP contribution is 2.30. The lowest BCUT2D eigenvalue weighted by Gasteiger charge is -2.33. The molecule has 2 heterocycles. The Bertz CT molecular complexity index is 412. The van der Waals surface area contributed by atoms with Gasteiger partial charge in [-0.05, 0) is 44.8 Å². The summed E-state index contributed by atoms with van der Waals surface area (Å²) < 4.78 is 0. The lowest BCUT2D eigenvalue weighted by molar-refractivity contribution is 0.132. The fourth-order valence-corrected chi connectivity index (χ4v) is 3.73. The molecule has 2 aliphatic rings. The van der Waals surface area contributed by atoms with Crippen LogP contribution in [0, 0.1) is 6.92 Å². The molecule has 2 atom stereocenters. The molecule has 0 N–H and O–H groups in total. The maximum atomic E-state index is 2.73. The molecule has 2 heteroatoms. The van der Waals surface area contributed by atoms with Crippen molar-refractivity contribution in [3.8, 4) is 0 Å². The monoisotopic (exact) mass is 334 g/mol. The van der Waals surface area contributed by atoms with Gasteiger partial charge in [0.05, 0.1) is 0 Å². The standard InChI is InChI=1S/C17H26N2.2C2H6.CH4/c1-3-18-12-17-11-16(18)13-19(17)10-4-5-15-8-6-14(2)7-9-15;2*1-2;/h6-9,16-17H,3-5,10-13H2,1-2H3;2*1-2H3;1H4. The van der Waals surface area contributed by atoms with Gasteiger partial charge in [0.25, 0.3) is 0 Å². The molecule has 2 fully saturated rings. The van der Waals surface area contributed by atoms with Crippen LogP contribution >= 0.6 is 0 Å². The summed E-state index contributed by atoms with van der Waals surface area (Å²) in [6.45, 7) is 17.6. The second kappa shape index (κ2) is 12.5. The minimum absolute atomic E-state index is 0. The van der Waals surface area contributed by atoms with Crippen LogP contribution in [0.1, 0.15) is 66.0 Å². The zero-order valence-corrected chi connectivity index (χ0v) is 16.3. The van der Waals surface area contributed by atoms with E-state index < -0.39 is 0 Å². The van der Waals surface area contributed by atoms with Gasteiger partial charge in [0.15, 0.2) is 0 Å². The topological polar surface area (TPSA) is 6.48 Å². The molecule has 2 nitrogen and oxygen atoms in total. The summed E-state index contributed by atoms with van der Waals surface area (Å²) in [6, 6.07) is 10.7. The number of fused-ring (bicyclic) bond motifs is 2. The zero-order chi connectivity index (χ0) is 17.2. The second-order valence-electron chi connectivity index (χ2n) is 6.21. The summed E-state index contributed by atoms with van der Waals surface area (Å²) >= 11 is 0. The number of hydrogen-bond donors (Lipinski definition) is 0. The molecule has 0 aliphatic carbocycles. The Labute approximate surface area is 152 Å². The Balaban J connectivity index is 0.000000987. The molecule has 2 saturated heterocycles. The third-order valence-electron chi connectivity index (χ3n) is 4.91. The lowest BCUT2D eigenvalue weighted by Crippen LogP contribution is -2.46. The molecular weight excluding hydrogens is 292 g/mol. The van der Waals surface area contributed by atoms with Gasteiger partial charge in [0, 0.05) is 25.2 Å². The molecule has 0 spiro atoms. The van der Waals surface area contributed by atoms with Crippen molar-refractivity contribution < 1.29 is 0 Å². The maximum absolute atomic E-state index is 2.73. The third-order valence-corrected chi connectivity index (χ3v) is 4.91. The van der Waals surface area contributed by atoms with Gasteiger partial charge in [-0.2, -0.15) is 0 Å². The Morgan fingerprint density at radius 3 is 1.96 bits per heavy atom. The maximum Gasteiger partial charge on any atom is 0.0239 e. The Morgan fingerprint density at radius 1 is 0.917 bits per heavy atom. The van der Waals surface area contributed by atoms with Crippen molar-refractivity contribution in [3.63, 3.8) is 0 Å². The van der Waals surface area contributed by atoms with E-state index >= 15 is 0 Å². The molecule has 3 rings (SSSR count). The molecule has 24 heavy (non-hydrogen) atoms. The van der Waals surface area contributed by atoms with Gasteiger partial charge in [-0.3, -0.25) is 9.80 Å². The predicted octanol–water partition coefficient (Wildman–Crippen LogP) is 5.39. The van der Waals surface area contributed by atoms with E-state index in [0.29, 0.717) is 0 Å². The van der Waals surface area contributed by atoms with Gasteiger partial charge in [-0.1, -0.05) is 71.9 Å². The van der Waals surface area contributed by atoms with Crippen LogP contribution in [0.5, 0.6) is 0 Å². The minimum Gasteiger partial charge on any atom is -0.298 e. The van der Waals surface area contributed by atoms with E-state index in [1.165, 1.54) is 56.6 Å². The second-order valence-corrected chi connectivity index (χ2v) is 6.21. The summed E-state index contributed by atoms with van der Waals surface area (Å²) in [7, 11) is 0. The van der Waals surface area contributed by atoms with Gasteiger partial charge in [0.2, 0.25) is 0 Å². The van der Waals surface area contributed by atoms with Crippen molar-refractivity contribution in [2.75, 3.05) is 26.2 Å². The van der Waals surface area contributed by atoms with Crippen LogP contribution < -0.4 is 0 Å². The molecule has 0 radical (unpaired) electrons. The van der Waals surface area contributed by atoms with Gasteiger partial charge in [-0.15, -0.1) is 0 Å². The van der Waals surface area contributed by atoms with Crippen LogP contribution in [0.15, 0.2) is 24.3 Å². The third kappa shape index (κ3) is 6.22.